The topological polar surface area (TPSA) is 53.4 Å². The van der Waals surface area contributed by atoms with Gasteiger partial charge in [-0.25, -0.2) is 0 Å². The maximum Gasteiger partial charge on any atom is 0.106 e. The molecule has 0 radical (unpaired) electrons. The van der Waals surface area contributed by atoms with Gasteiger partial charge in [-0.1, -0.05) is 91.6 Å². The van der Waals surface area contributed by atoms with Crippen LogP contribution < -0.4 is 0 Å². The highest BCUT2D eigenvalue weighted by atomic mass is 16.3. The van der Waals surface area contributed by atoms with Gasteiger partial charge in [0.15, 0.2) is 0 Å². The molecule has 38 heavy (non-hydrogen) atoms. The Morgan fingerprint density at radius 3 is 2.05 bits per heavy atom. The number of allylic oxidation sites excluding steroid dienone is 2. The number of aromatic nitrogens is 1. The molecule has 0 saturated heterocycles. The molecule has 1 aromatic carbocycles. The van der Waals surface area contributed by atoms with E-state index in [-0.39, 0.29) is 11.3 Å². The first-order chi connectivity index (χ1) is 18.1. The molecule has 1 fully saturated rings. The first-order valence-electron chi connectivity index (χ1n) is 15.3. The Kier molecular flexibility index (Phi) is 9.20. The minimum Gasteiger partial charge on any atom is -0.388 e. The van der Waals surface area contributed by atoms with Crippen molar-refractivity contribution in [1.29, 1.82) is 0 Å². The summed E-state index contributed by atoms with van der Waals surface area (Å²) in [7, 11) is 0. The predicted octanol–water partition coefficient (Wildman–Crippen LogP) is 9.18. The summed E-state index contributed by atoms with van der Waals surface area (Å²) in [6, 6.07) is 8.40. The zero-order chi connectivity index (χ0) is 27.6. The van der Waals surface area contributed by atoms with Crippen LogP contribution in [0.2, 0.25) is 0 Å². The second-order valence-electron chi connectivity index (χ2n) is 13.2. The second-order valence-corrected chi connectivity index (χ2v) is 13.2. The van der Waals surface area contributed by atoms with Gasteiger partial charge in [0, 0.05) is 22.5 Å². The average Bonchev–Trinajstić information content (AvgIpc) is 3.41. The van der Waals surface area contributed by atoms with E-state index in [1.807, 2.05) is 0 Å². The first kappa shape index (κ1) is 29.0. The largest absolute Gasteiger partial charge is 0.388 e. The molecule has 2 unspecified atom stereocenters. The number of hydrogen-bond acceptors (Lipinski definition) is 3. The van der Waals surface area contributed by atoms with E-state index >= 15 is 0 Å². The maximum atomic E-state index is 11.8. The SMILES string of the molecule is CC(C)c1ccc(C(O)c2c(C(C)C)nc3c(c2C2=CCCC2)C(O)CC2(CCC2)C3)cc1.CCC(C)C. The van der Waals surface area contributed by atoms with E-state index in [0.717, 1.165) is 71.7 Å². The van der Waals surface area contributed by atoms with Gasteiger partial charge < -0.3 is 10.2 Å². The third-order valence-corrected chi connectivity index (χ3v) is 9.21. The number of hydrogen-bond donors (Lipinski definition) is 2. The van der Waals surface area contributed by atoms with E-state index < -0.39 is 12.2 Å². The lowest BCUT2D eigenvalue weighted by molar-refractivity contribution is 0.0240. The number of benzene rings is 1. The first-order valence-corrected chi connectivity index (χ1v) is 15.3. The quantitative estimate of drug-likeness (QED) is 0.401. The summed E-state index contributed by atoms with van der Waals surface area (Å²) < 4.78 is 0. The molecule has 0 aliphatic heterocycles. The van der Waals surface area contributed by atoms with E-state index in [2.05, 4.69) is 78.8 Å². The van der Waals surface area contributed by atoms with Crippen molar-refractivity contribution in [3.05, 3.63) is 69.5 Å². The summed E-state index contributed by atoms with van der Waals surface area (Å²) in [6.07, 6.45) is 11.1. The number of aliphatic hydroxyl groups excluding tert-OH is 2. The summed E-state index contributed by atoms with van der Waals surface area (Å²) in [5.41, 5.74) is 8.86. The fourth-order valence-electron chi connectivity index (χ4n) is 6.36. The number of fused-ring (bicyclic) bond motifs is 1. The van der Waals surface area contributed by atoms with Crippen LogP contribution in [-0.4, -0.2) is 15.2 Å². The van der Waals surface area contributed by atoms with Gasteiger partial charge in [-0.15, -0.1) is 0 Å². The number of nitrogens with zero attached hydrogens (tertiary/aromatic N) is 1. The third kappa shape index (κ3) is 5.94. The Hall–Kier alpha value is -1.97. The summed E-state index contributed by atoms with van der Waals surface area (Å²) in [5, 5.41) is 23.2. The molecule has 0 amide bonds. The van der Waals surface area contributed by atoms with Crippen molar-refractivity contribution in [2.24, 2.45) is 11.3 Å². The Balaban J connectivity index is 0.000000617. The molecule has 1 saturated carbocycles. The van der Waals surface area contributed by atoms with Gasteiger partial charge in [0.1, 0.15) is 6.10 Å². The molecule has 3 nitrogen and oxygen atoms in total. The molecule has 208 valence electrons. The molecule has 1 spiro atoms. The van der Waals surface area contributed by atoms with Crippen LogP contribution in [0.25, 0.3) is 5.57 Å². The molecule has 1 aromatic heterocycles. The lowest BCUT2D eigenvalue weighted by atomic mass is 9.59. The second kappa shape index (κ2) is 12.0. The third-order valence-electron chi connectivity index (χ3n) is 9.21. The minimum absolute atomic E-state index is 0.201. The van der Waals surface area contributed by atoms with Crippen LogP contribution in [0.3, 0.4) is 0 Å². The molecule has 2 aromatic rings. The molecular weight excluding hydrogens is 466 g/mol. The van der Waals surface area contributed by atoms with Crippen molar-refractivity contribution in [2.75, 3.05) is 0 Å². The Bertz CT molecular complexity index is 1120. The fraction of sp³-hybridized carbons (Fsp3) is 0.629. The Morgan fingerprint density at radius 1 is 0.947 bits per heavy atom. The van der Waals surface area contributed by atoms with Gasteiger partial charge in [0.2, 0.25) is 0 Å². The van der Waals surface area contributed by atoms with Crippen molar-refractivity contribution in [3.63, 3.8) is 0 Å². The highest BCUT2D eigenvalue weighted by Gasteiger charge is 2.45. The van der Waals surface area contributed by atoms with Crippen molar-refractivity contribution < 1.29 is 10.2 Å². The van der Waals surface area contributed by atoms with Gasteiger partial charge >= 0.3 is 0 Å². The summed E-state index contributed by atoms with van der Waals surface area (Å²) in [5.74, 6) is 1.54. The van der Waals surface area contributed by atoms with Gasteiger partial charge in [0.05, 0.1) is 6.10 Å². The van der Waals surface area contributed by atoms with Gasteiger partial charge in [-0.05, 0) is 90.4 Å². The number of pyridine rings is 1. The van der Waals surface area contributed by atoms with Crippen LogP contribution in [0.5, 0.6) is 0 Å². The lowest BCUT2D eigenvalue weighted by Crippen LogP contribution is -2.38. The molecule has 0 bridgehead atoms. The van der Waals surface area contributed by atoms with Gasteiger partial charge in [0.25, 0.3) is 0 Å². The van der Waals surface area contributed by atoms with E-state index in [4.69, 9.17) is 4.98 Å². The Labute approximate surface area is 231 Å². The van der Waals surface area contributed by atoms with Crippen LogP contribution in [0.1, 0.15) is 163 Å². The standard InChI is InChI=1S/C30H39NO2.C5H12/c1-18(2)20-10-12-22(13-11-20)29(33)27-25(21-8-5-6-9-21)26-23(31-28(27)19(3)4)16-30(14-7-15-30)17-24(26)32;1-4-5(2)3/h8,10-13,18-19,24,29,32-33H,5-7,9,14-17H2,1-4H3;5H,4H2,1-3H3. The van der Waals surface area contributed by atoms with E-state index in [9.17, 15) is 10.2 Å². The lowest BCUT2D eigenvalue weighted by Gasteiger charge is -2.47. The smallest absolute Gasteiger partial charge is 0.106 e. The molecule has 3 heteroatoms. The van der Waals surface area contributed by atoms with Crippen LogP contribution >= 0.6 is 0 Å². The normalized spacial score (nSPS) is 20.7. The average molecular weight is 518 g/mol. The van der Waals surface area contributed by atoms with Crippen LogP contribution in [-0.2, 0) is 6.42 Å². The van der Waals surface area contributed by atoms with Crippen molar-refractivity contribution in [3.8, 4) is 0 Å². The highest BCUT2D eigenvalue weighted by Crippen LogP contribution is 2.55. The zero-order valence-corrected chi connectivity index (χ0v) is 25.0. The predicted molar refractivity (Wildman–Crippen MR) is 159 cm³/mol. The van der Waals surface area contributed by atoms with Crippen molar-refractivity contribution in [2.45, 2.75) is 130 Å². The van der Waals surface area contributed by atoms with Gasteiger partial charge in [-0.2, -0.15) is 0 Å². The molecule has 3 aliphatic carbocycles. The zero-order valence-electron chi connectivity index (χ0n) is 25.0. The molecule has 1 heterocycles. The molecule has 2 atom stereocenters. The van der Waals surface area contributed by atoms with Crippen molar-refractivity contribution in [1.82, 2.24) is 4.98 Å². The molecule has 2 N–H and O–H groups in total. The van der Waals surface area contributed by atoms with Crippen LogP contribution in [0, 0.1) is 11.3 Å². The molecular formula is C35H51NO2. The number of aliphatic hydroxyl groups is 2. The monoisotopic (exact) mass is 517 g/mol. The summed E-state index contributed by atoms with van der Waals surface area (Å²) >= 11 is 0. The van der Waals surface area contributed by atoms with Crippen LogP contribution in [0.4, 0.5) is 0 Å². The Morgan fingerprint density at radius 2 is 1.58 bits per heavy atom. The molecule has 5 rings (SSSR count). The van der Waals surface area contributed by atoms with Gasteiger partial charge in [-0.3, -0.25) is 4.98 Å². The maximum absolute atomic E-state index is 11.8. The van der Waals surface area contributed by atoms with E-state index in [1.54, 1.807) is 0 Å². The highest BCUT2D eigenvalue weighted by molar-refractivity contribution is 5.75. The minimum atomic E-state index is -0.746. The van der Waals surface area contributed by atoms with E-state index in [1.165, 1.54) is 36.8 Å². The van der Waals surface area contributed by atoms with Crippen LogP contribution in [0.15, 0.2) is 30.3 Å². The summed E-state index contributed by atoms with van der Waals surface area (Å²) in [6.45, 7) is 15.4. The van der Waals surface area contributed by atoms with E-state index in [0.29, 0.717) is 5.92 Å². The van der Waals surface area contributed by atoms with Crippen molar-refractivity contribution >= 4 is 5.57 Å². The molecule has 3 aliphatic rings. The number of rotatable bonds is 6. The fourth-order valence-corrected chi connectivity index (χ4v) is 6.36. The summed E-state index contributed by atoms with van der Waals surface area (Å²) in [4.78, 5) is 5.22.